The molecule has 0 aliphatic heterocycles. The van der Waals surface area contributed by atoms with Crippen molar-refractivity contribution in [2.24, 2.45) is 7.05 Å². The molecule has 0 atom stereocenters. The lowest BCUT2D eigenvalue weighted by Crippen LogP contribution is -2.06. The number of nitrogens with zero attached hydrogens (tertiary/aromatic N) is 2. The Hall–Kier alpha value is -2.01. The van der Waals surface area contributed by atoms with Gasteiger partial charge in [0.2, 0.25) is 0 Å². The third-order valence-corrected chi connectivity index (χ3v) is 2.91. The highest BCUT2D eigenvalue weighted by molar-refractivity contribution is 6.33. The zero-order chi connectivity index (χ0) is 13.8. The van der Waals surface area contributed by atoms with Gasteiger partial charge in [-0.15, -0.1) is 0 Å². The molecule has 1 aromatic carbocycles. The molecule has 2 aromatic rings. The molecule has 19 heavy (non-hydrogen) atoms. The number of halogens is 1. The highest BCUT2D eigenvalue weighted by atomic mass is 35.5. The molecule has 1 aromatic heterocycles. The lowest BCUT2D eigenvalue weighted by molar-refractivity contribution is 0.0692. The number of hydrogen-bond donors (Lipinski definition) is 1. The molecule has 5 nitrogen and oxygen atoms in total. The quantitative estimate of drug-likeness (QED) is 0.913. The van der Waals surface area contributed by atoms with Crippen LogP contribution in [0.2, 0.25) is 5.02 Å². The van der Waals surface area contributed by atoms with E-state index in [9.17, 15) is 4.79 Å². The summed E-state index contributed by atoms with van der Waals surface area (Å²) < 4.78 is 7.20. The van der Waals surface area contributed by atoms with Gasteiger partial charge >= 0.3 is 5.97 Å². The Morgan fingerprint density at radius 2 is 2.32 bits per heavy atom. The van der Waals surface area contributed by atoms with Crippen LogP contribution in [0, 0.1) is 0 Å². The van der Waals surface area contributed by atoms with Crippen LogP contribution in [0.25, 0.3) is 0 Å². The van der Waals surface area contributed by atoms with Gasteiger partial charge in [-0.1, -0.05) is 17.7 Å². The van der Waals surface area contributed by atoms with Crippen molar-refractivity contribution in [2.45, 2.75) is 6.42 Å². The number of carboxylic acid groups (broad SMARTS) is 1. The highest BCUT2D eigenvalue weighted by Gasteiger charge is 2.15. The fourth-order valence-electron chi connectivity index (χ4n) is 1.71. The first kappa shape index (κ1) is 13.4. The van der Waals surface area contributed by atoms with Crippen molar-refractivity contribution < 1.29 is 14.6 Å². The van der Waals surface area contributed by atoms with Crippen LogP contribution in [0.1, 0.15) is 15.9 Å². The fraction of sp³-hybridized carbons (Fsp3) is 0.231. The van der Waals surface area contributed by atoms with Gasteiger partial charge in [-0.05, 0) is 17.7 Å². The van der Waals surface area contributed by atoms with Crippen molar-refractivity contribution in [1.82, 2.24) is 9.78 Å². The number of aromatic carboxylic acids is 1. The predicted molar refractivity (Wildman–Crippen MR) is 70.8 cm³/mol. The number of ether oxygens (including phenoxy) is 1. The summed E-state index contributed by atoms with van der Waals surface area (Å²) in [5.74, 6) is -0.814. The summed E-state index contributed by atoms with van der Waals surface area (Å²) in [6.07, 6.45) is 4.29. The minimum atomic E-state index is -1.10. The molecule has 0 saturated heterocycles. The molecular weight excluding hydrogens is 268 g/mol. The molecule has 1 heterocycles. The number of rotatable bonds is 5. The van der Waals surface area contributed by atoms with Gasteiger partial charge in [-0.25, -0.2) is 4.79 Å². The summed E-state index contributed by atoms with van der Waals surface area (Å²) in [6.45, 7) is 0.367. The van der Waals surface area contributed by atoms with Crippen LogP contribution in [0.4, 0.5) is 0 Å². The minimum Gasteiger partial charge on any atom is -0.492 e. The van der Waals surface area contributed by atoms with E-state index in [1.165, 1.54) is 6.07 Å². The highest BCUT2D eigenvalue weighted by Crippen LogP contribution is 2.26. The Morgan fingerprint density at radius 1 is 1.53 bits per heavy atom. The molecule has 2 rings (SSSR count). The third-order valence-electron chi connectivity index (χ3n) is 2.60. The van der Waals surface area contributed by atoms with Crippen LogP contribution in [0.15, 0.2) is 30.6 Å². The SMILES string of the molecule is Cn1cc(CCOc2cccc(Cl)c2C(=O)O)cn1. The Balaban J connectivity index is 2.03. The lowest BCUT2D eigenvalue weighted by atomic mass is 10.2. The second-order valence-corrected chi connectivity index (χ2v) is 4.45. The second-order valence-electron chi connectivity index (χ2n) is 4.04. The molecule has 0 spiro atoms. The van der Waals surface area contributed by atoms with E-state index in [0.717, 1.165) is 5.56 Å². The Bertz CT molecular complexity index is 595. The van der Waals surface area contributed by atoms with E-state index < -0.39 is 5.97 Å². The Labute approximate surface area is 115 Å². The van der Waals surface area contributed by atoms with Gasteiger partial charge < -0.3 is 9.84 Å². The molecule has 0 radical (unpaired) electrons. The van der Waals surface area contributed by atoms with Gasteiger partial charge in [-0.3, -0.25) is 4.68 Å². The molecule has 0 aliphatic rings. The lowest BCUT2D eigenvalue weighted by Gasteiger charge is -2.09. The molecule has 0 bridgehead atoms. The number of carboxylic acids is 1. The van der Waals surface area contributed by atoms with E-state index in [4.69, 9.17) is 21.4 Å². The normalized spacial score (nSPS) is 10.4. The van der Waals surface area contributed by atoms with Crippen LogP contribution in [-0.2, 0) is 13.5 Å². The molecule has 1 N–H and O–H groups in total. The number of carbonyl (C=O) groups is 1. The molecule has 0 amide bonds. The van der Waals surface area contributed by atoms with Crippen molar-refractivity contribution in [3.8, 4) is 5.75 Å². The van der Waals surface area contributed by atoms with Gasteiger partial charge in [0.1, 0.15) is 11.3 Å². The summed E-state index contributed by atoms with van der Waals surface area (Å²) >= 11 is 5.85. The van der Waals surface area contributed by atoms with Gasteiger partial charge in [0, 0.05) is 19.7 Å². The smallest absolute Gasteiger partial charge is 0.341 e. The molecule has 0 unspecified atom stereocenters. The van der Waals surface area contributed by atoms with Crippen molar-refractivity contribution in [2.75, 3.05) is 6.61 Å². The summed E-state index contributed by atoms with van der Waals surface area (Å²) in [6, 6.07) is 4.78. The molecular formula is C13H13ClN2O3. The average molecular weight is 281 g/mol. The monoisotopic (exact) mass is 280 g/mol. The maximum Gasteiger partial charge on any atom is 0.341 e. The second kappa shape index (κ2) is 5.75. The zero-order valence-corrected chi connectivity index (χ0v) is 11.1. The van der Waals surface area contributed by atoms with E-state index in [-0.39, 0.29) is 16.3 Å². The Morgan fingerprint density at radius 3 is 2.95 bits per heavy atom. The molecule has 6 heteroatoms. The standard InChI is InChI=1S/C13H13ClN2O3/c1-16-8-9(7-15-16)5-6-19-11-4-2-3-10(14)12(11)13(17)18/h2-4,7-8H,5-6H2,1H3,(H,17,18). The topological polar surface area (TPSA) is 64.3 Å². The molecule has 100 valence electrons. The maximum absolute atomic E-state index is 11.1. The van der Waals surface area contributed by atoms with Crippen LogP contribution in [0.3, 0.4) is 0 Å². The number of aryl methyl sites for hydroxylation is 1. The number of hydrogen-bond acceptors (Lipinski definition) is 3. The average Bonchev–Trinajstić information content (AvgIpc) is 2.74. The summed E-state index contributed by atoms with van der Waals surface area (Å²) in [5, 5.41) is 13.3. The van der Waals surface area contributed by atoms with Gasteiger partial charge in [-0.2, -0.15) is 5.10 Å². The van der Waals surface area contributed by atoms with Crippen LogP contribution >= 0.6 is 11.6 Å². The van der Waals surface area contributed by atoms with Gasteiger partial charge in [0.05, 0.1) is 17.8 Å². The molecule has 0 saturated carbocycles. The number of aromatic nitrogens is 2. The van der Waals surface area contributed by atoms with Crippen LogP contribution < -0.4 is 4.74 Å². The zero-order valence-electron chi connectivity index (χ0n) is 10.3. The van der Waals surface area contributed by atoms with E-state index in [2.05, 4.69) is 5.10 Å². The van der Waals surface area contributed by atoms with E-state index in [0.29, 0.717) is 13.0 Å². The van der Waals surface area contributed by atoms with Crippen molar-refractivity contribution in [3.05, 3.63) is 46.7 Å². The Kier molecular flexibility index (Phi) is 4.06. The fourth-order valence-corrected chi connectivity index (χ4v) is 1.96. The van der Waals surface area contributed by atoms with E-state index in [1.54, 1.807) is 23.0 Å². The summed E-state index contributed by atoms with van der Waals surface area (Å²) in [5.41, 5.74) is 1.02. The van der Waals surface area contributed by atoms with Crippen LogP contribution in [-0.4, -0.2) is 27.5 Å². The van der Waals surface area contributed by atoms with Crippen molar-refractivity contribution in [1.29, 1.82) is 0 Å². The van der Waals surface area contributed by atoms with Gasteiger partial charge in [0.25, 0.3) is 0 Å². The summed E-state index contributed by atoms with van der Waals surface area (Å²) in [7, 11) is 1.84. The first-order valence-electron chi connectivity index (χ1n) is 5.70. The first-order valence-corrected chi connectivity index (χ1v) is 6.08. The minimum absolute atomic E-state index is 0.00430. The summed E-state index contributed by atoms with van der Waals surface area (Å²) in [4.78, 5) is 11.1. The van der Waals surface area contributed by atoms with Crippen LogP contribution in [0.5, 0.6) is 5.75 Å². The van der Waals surface area contributed by atoms with E-state index >= 15 is 0 Å². The first-order chi connectivity index (χ1) is 9.08. The maximum atomic E-state index is 11.1. The van der Waals surface area contributed by atoms with Crippen molar-refractivity contribution >= 4 is 17.6 Å². The van der Waals surface area contributed by atoms with Gasteiger partial charge in [0.15, 0.2) is 0 Å². The molecule has 0 aliphatic carbocycles. The van der Waals surface area contributed by atoms with Crippen molar-refractivity contribution in [3.63, 3.8) is 0 Å². The van der Waals surface area contributed by atoms with E-state index in [1.807, 2.05) is 13.2 Å². The number of benzene rings is 1. The molecule has 0 fully saturated rings. The largest absolute Gasteiger partial charge is 0.492 e. The third kappa shape index (κ3) is 3.26. The predicted octanol–water partition coefficient (Wildman–Crippen LogP) is 2.39.